The lowest BCUT2D eigenvalue weighted by Crippen LogP contribution is -2.31. The summed E-state index contributed by atoms with van der Waals surface area (Å²) in [6, 6.07) is 9.48. The first-order valence-corrected chi connectivity index (χ1v) is 10.3. The van der Waals surface area contributed by atoms with E-state index >= 15 is 0 Å². The van der Waals surface area contributed by atoms with Crippen molar-refractivity contribution in [3.63, 3.8) is 0 Å². The van der Waals surface area contributed by atoms with Gasteiger partial charge in [0.15, 0.2) is 0 Å². The third kappa shape index (κ3) is 4.13. The minimum absolute atomic E-state index is 0.605. The Labute approximate surface area is 183 Å². The zero-order valence-electron chi connectivity index (χ0n) is 16.7. The van der Waals surface area contributed by atoms with Crippen molar-refractivity contribution < 1.29 is 5.11 Å². The smallest absolute Gasteiger partial charge is 0.201 e. The molecule has 0 saturated carbocycles. The van der Waals surface area contributed by atoms with Crippen molar-refractivity contribution in [1.29, 1.82) is 0 Å². The summed E-state index contributed by atoms with van der Waals surface area (Å²) in [5, 5.41) is 13.4. The van der Waals surface area contributed by atoms with Crippen LogP contribution in [0.3, 0.4) is 0 Å². The van der Waals surface area contributed by atoms with Crippen LogP contribution in [0.15, 0.2) is 47.3 Å². The monoisotopic (exact) mass is 464 g/mol. The van der Waals surface area contributed by atoms with Gasteiger partial charge >= 0.3 is 0 Å². The number of hydrogen-bond acceptors (Lipinski definition) is 6. The molecule has 0 bridgehead atoms. The van der Waals surface area contributed by atoms with Crippen molar-refractivity contribution >= 4 is 38.9 Å². The normalized spacial score (nSPS) is 13.5. The van der Waals surface area contributed by atoms with E-state index in [9.17, 15) is 5.11 Å². The SMILES string of the molecule is [C-]#[N+]c1ccc(N2CCc3c(ncnc3Nc3ccc(C(C)(C)O)cn3)C2)cc1Br. The molecule has 0 atom stereocenters. The lowest BCUT2D eigenvalue weighted by atomic mass is 10.0. The van der Waals surface area contributed by atoms with Gasteiger partial charge in [0.05, 0.1) is 24.4 Å². The van der Waals surface area contributed by atoms with Gasteiger partial charge in [-0.05, 0) is 38.5 Å². The molecule has 0 unspecified atom stereocenters. The second-order valence-electron chi connectivity index (χ2n) is 7.68. The first-order valence-electron chi connectivity index (χ1n) is 9.56. The molecule has 0 spiro atoms. The summed E-state index contributed by atoms with van der Waals surface area (Å²) in [6.07, 6.45) is 4.03. The van der Waals surface area contributed by atoms with E-state index in [4.69, 9.17) is 6.57 Å². The highest BCUT2D eigenvalue weighted by molar-refractivity contribution is 9.10. The van der Waals surface area contributed by atoms with Crippen molar-refractivity contribution in [3.8, 4) is 0 Å². The Morgan fingerprint density at radius 1 is 1.20 bits per heavy atom. The molecule has 8 heteroatoms. The fraction of sp³-hybridized carbons (Fsp3) is 0.273. The topological polar surface area (TPSA) is 78.5 Å². The van der Waals surface area contributed by atoms with E-state index in [2.05, 4.69) is 45.9 Å². The minimum atomic E-state index is -0.926. The Morgan fingerprint density at radius 2 is 2.03 bits per heavy atom. The quantitative estimate of drug-likeness (QED) is 0.543. The molecular formula is C22H21BrN6O. The first-order chi connectivity index (χ1) is 14.3. The number of nitrogens with zero attached hydrogens (tertiary/aromatic N) is 5. The van der Waals surface area contributed by atoms with Gasteiger partial charge in [0.2, 0.25) is 5.69 Å². The predicted octanol–water partition coefficient (Wildman–Crippen LogP) is 4.72. The van der Waals surface area contributed by atoms with Gasteiger partial charge in [0.25, 0.3) is 0 Å². The van der Waals surface area contributed by atoms with Gasteiger partial charge < -0.3 is 15.3 Å². The van der Waals surface area contributed by atoms with Crippen LogP contribution in [-0.4, -0.2) is 26.6 Å². The average Bonchev–Trinajstić information content (AvgIpc) is 2.73. The van der Waals surface area contributed by atoms with Gasteiger partial charge in [-0.25, -0.2) is 19.8 Å². The summed E-state index contributed by atoms with van der Waals surface area (Å²) in [5.41, 5.74) is 3.54. The lowest BCUT2D eigenvalue weighted by molar-refractivity contribution is 0.0782. The molecule has 0 aliphatic carbocycles. The summed E-state index contributed by atoms with van der Waals surface area (Å²) in [5.74, 6) is 1.43. The van der Waals surface area contributed by atoms with Crippen LogP contribution in [0, 0.1) is 6.57 Å². The van der Waals surface area contributed by atoms with Crippen LogP contribution in [0.5, 0.6) is 0 Å². The van der Waals surface area contributed by atoms with Crippen LogP contribution in [-0.2, 0) is 18.6 Å². The summed E-state index contributed by atoms with van der Waals surface area (Å²) in [7, 11) is 0. The molecule has 1 aliphatic heterocycles. The first kappa shape index (κ1) is 20.3. The van der Waals surface area contributed by atoms with Crippen molar-refractivity contribution in [2.75, 3.05) is 16.8 Å². The van der Waals surface area contributed by atoms with E-state index in [0.717, 1.165) is 45.8 Å². The largest absolute Gasteiger partial charge is 0.386 e. The molecule has 3 aromatic rings. The molecule has 152 valence electrons. The Hall–Kier alpha value is -3.02. The van der Waals surface area contributed by atoms with Crippen molar-refractivity contribution in [2.24, 2.45) is 0 Å². The molecule has 0 fully saturated rings. The molecule has 1 aliphatic rings. The van der Waals surface area contributed by atoms with E-state index in [-0.39, 0.29) is 0 Å². The third-order valence-corrected chi connectivity index (χ3v) is 5.78. The molecule has 2 N–H and O–H groups in total. The molecule has 3 heterocycles. The number of rotatable bonds is 4. The summed E-state index contributed by atoms with van der Waals surface area (Å²) in [6.45, 7) is 12.2. The molecule has 7 nitrogen and oxygen atoms in total. The predicted molar refractivity (Wildman–Crippen MR) is 120 cm³/mol. The number of hydrogen-bond donors (Lipinski definition) is 2. The van der Waals surface area contributed by atoms with E-state index in [1.54, 1.807) is 26.4 Å². The number of fused-ring (bicyclic) bond motifs is 1. The van der Waals surface area contributed by atoms with Crippen LogP contribution in [0.2, 0.25) is 0 Å². The Kier molecular flexibility index (Phi) is 5.41. The highest BCUT2D eigenvalue weighted by Gasteiger charge is 2.22. The number of aliphatic hydroxyl groups is 1. The lowest BCUT2D eigenvalue weighted by Gasteiger charge is -2.31. The number of halogens is 1. The maximum absolute atomic E-state index is 10.1. The van der Waals surface area contributed by atoms with Crippen LogP contribution in [0.1, 0.15) is 30.7 Å². The van der Waals surface area contributed by atoms with Crippen molar-refractivity contribution in [2.45, 2.75) is 32.4 Å². The van der Waals surface area contributed by atoms with Crippen LogP contribution >= 0.6 is 15.9 Å². The van der Waals surface area contributed by atoms with E-state index in [0.29, 0.717) is 18.1 Å². The summed E-state index contributed by atoms with van der Waals surface area (Å²) < 4.78 is 0.798. The van der Waals surface area contributed by atoms with Crippen molar-refractivity contribution in [3.05, 3.63) is 75.6 Å². The van der Waals surface area contributed by atoms with Gasteiger partial charge in [-0.1, -0.05) is 28.1 Å². The zero-order valence-corrected chi connectivity index (χ0v) is 18.3. The molecule has 4 rings (SSSR count). The molecule has 2 aromatic heterocycles. The van der Waals surface area contributed by atoms with Gasteiger partial charge in [0.1, 0.15) is 18.0 Å². The maximum atomic E-state index is 10.1. The van der Waals surface area contributed by atoms with Crippen molar-refractivity contribution in [1.82, 2.24) is 15.0 Å². The van der Waals surface area contributed by atoms with Gasteiger partial charge in [-0.3, -0.25) is 0 Å². The summed E-state index contributed by atoms with van der Waals surface area (Å²) >= 11 is 3.47. The number of anilines is 3. The van der Waals surface area contributed by atoms with Crippen LogP contribution in [0.25, 0.3) is 4.85 Å². The summed E-state index contributed by atoms with van der Waals surface area (Å²) in [4.78, 5) is 19.1. The minimum Gasteiger partial charge on any atom is -0.386 e. The van der Waals surface area contributed by atoms with E-state index in [1.807, 2.05) is 30.3 Å². The number of pyridine rings is 1. The highest BCUT2D eigenvalue weighted by Crippen LogP contribution is 2.33. The fourth-order valence-electron chi connectivity index (χ4n) is 3.42. The van der Waals surface area contributed by atoms with E-state index in [1.165, 1.54) is 0 Å². The van der Waals surface area contributed by atoms with Crippen LogP contribution in [0.4, 0.5) is 23.0 Å². The van der Waals surface area contributed by atoms with Gasteiger partial charge in [0, 0.05) is 34.0 Å². The van der Waals surface area contributed by atoms with Crippen LogP contribution < -0.4 is 10.2 Å². The molecule has 0 radical (unpaired) electrons. The standard InChI is InChI=1S/C22H21BrN6O/c1-22(2,30)14-4-7-20(25-11-14)28-21-16-8-9-29(12-19(16)26-13-27-21)15-5-6-18(24-3)17(23)10-15/h4-7,10-11,13,30H,8-9,12H2,1-2H3,(H,25,26,27,28). The second-order valence-corrected chi connectivity index (χ2v) is 8.54. The Morgan fingerprint density at radius 3 is 2.70 bits per heavy atom. The second kappa shape index (κ2) is 8.01. The van der Waals surface area contributed by atoms with Gasteiger partial charge in [-0.15, -0.1) is 0 Å². The molecule has 0 saturated heterocycles. The highest BCUT2D eigenvalue weighted by atomic mass is 79.9. The fourth-order valence-corrected chi connectivity index (χ4v) is 3.87. The number of aromatic nitrogens is 3. The molecule has 1 aromatic carbocycles. The molecule has 0 amide bonds. The molecular weight excluding hydrogens is 444 g/mol. The number of nitrogens with one attached hydrogen (secondary N) is 1. The average molecular weight is 465 g/mol. The zero-order chi connectivity index (χ0) is 21.3. The molecule has 30 heavy (non-hydrogen) atoms. The number of benzene rings is 1. The van der Waals surface area contributed by atoms with E-state index < -0.39 is 5.60 Å². The Balaban J connectivity index is 1.54. The Bertz CT molecular complexity index is 1120. The maximum Gasteiger partial charge on any atom is 0.201 e. The third-order valence-electron chi connectivity index (χ3n) is 5.14. The van der Waals surface area contributed by atoms with Gasteiger partial charge in [-0.2, -0.15) is 0 Å².